The zero-order valence-electron chi connectivity index (χ0n) is 28.7. The zero-order chi connectivity index (χ0) is 36.7. The molecule has 6 rings (SSSR count). The number of carbonyl (C=O) groups excluding carboxylic acids is 2. The van der Waals surface area contributed by atoms with Crippen molar-refractivity contribution in [1.82, 2.24) is 20.1 Å². The largest absolute Gasteiger partial charge is 0.506 e. The third-order valence-corrected chi connectivity index (χ3v) is 9.70. The highest BCUT2D eigenvalue weighted by atomic mass is 16.4. The van der Waals surface area contributed by atoms with E-state index < -0.39 is 17.5 Å². The van der Waals surface area contributed by atoms with Crippen molar-refractivity contribution in [3.63, 3.8) is 0 Å². The molecule has 1 unspecified atom stereocenters. The Bertz CT molecular complexity index is 2080. The molecule has 4 aromatic carbocycles. The number of carboxylic acid groups (broad SMARTS) is 1. The van der Waals surface area contributed by atoms with Gasteiger partial charge in [-0.25, -0.2) is 0 Å². The van der Waals surface area contributed by atoms with Gasteiger partial charge >= 0.3 is 5.97 Å². The molecule has 1 fully saturated rings. The molecule has 0 radical (unpaired) electrons. The van der Waals surface area contributed by atoms with Gasteiger partial charge in [-0.3, -0.25) is 19.2 Å². The van der Waals surface area contributed by atoms with Crippen molar-refractivity contribution in [3.05, 3.63) is 147 Å². The minimum absolute atomic E-state index is 0.0382. The molecule has 2 amide bonds. The van der Waals surface area contributed by atoms with Gasteiger partial charge in [-0.2, -0.15) is 0 Å². The number of aromatic amines is 1. The minimum Gasteiger partial charge on any atom is -0.506 e. The molecule has 1 aliphatic rings. The molecular weight excluding hydrogens is 660 g/mol. The number of nitrogens with zero attached hydrogens (tertiary/aromatic N) is 2. The summed E-state index contributed by atoms with van der Waals surface area (Å²) in [6.07, 6.45) is 0.0871. The number of rotatable bonds is 15. The number of carbonyl (C=O) groups is 3. The number of H-pyrrole nitrogens is 1. The Morgan fingerprint density at radius 3 is 2.15 bits per heavy atom. The number of phenolic OH excluding ortho intramolecular Hbond substituents is 1. The fourth-order valence-electron chi connectivity index (χ4n) is 6.72. The molecule has 0 saturated carbocycles. The number of likely N-dealkylation sites (tertiary alicyclic amines) is 1. The van der Waals surface area contributed by atoms with Gasteiger partial charge in [-0.15, -0.1) is 0 Å². The normalized spacial score (nSPS) is 14.1. The number of aromatic nitrogens is 1. The lowest BCUT2D eigenvalue weighted by molar-refractivity contribution is -0.156. The van der Waals surface area contributed by atoms with E-state index in [0.29, 0.717) is 42.6 Å². The molecule has 52 heavy (non-hydrogen) atoms. The fraction of sp³-hybridized carbons (Fsp3) is 0.268. The van der Waals surface area contributed by atoms with Crippen LogP contribution >= 0.6 is 0 Å². The lowest BCUT2D eigenvalue weighted by Gasteiger charge is -2.47. The number of pyridine rings is 1. The lowest BCUT2D eigenvalue weighted by atomic mass is 9.73. The molecule has 0 spiro atoms. The van der Waals surface area contributed by atoms with Crippen LogP contribution in [0.3, 0.4) is 0 Å². The number of aliphatic carboxylic acids is 1. The number of aromatic hydroxyl groups is 1. The van der Waals surface area contributed by atoms with Gasteiger partial charge < -0.3 is 35.4 Å². The van der Waals surface area contributed by atoms with Crippen LogP contribution in [0.5, 0.6) is 5.75 Å². The second-order valence-electron chi connectivity index (χ2n) is 13.3. The van der Waals surface area contributed by atoms with Crippen molar-refractivity contribution < 1.29 is 29.7 Å². The average molecular weight is 703 g/mol. The third-order valence-electron chi connectivity index (χ3n) is 9.70. The Morgan fingerprint density at radius 1 is 0.827 bits per heavy atom. The van der Waals surface area contributed by atoms with Gasteiger partial charge in [0.05, 0.1) is 24.5 Å². The highest BCUT2D eigenvalue weighted by Gasteiger charge is 2.52. The first-order valence-corrected chi connectivity index (χ1v) is 17.3. The maximum atomic E-state index is 13.6. The van der Waals surface area contributed by atoms with Crippen molar-refractivity contribution >= 4 is 28.7 Å². The van der Waals surface area contributed by atoms with E-state index in [1.165, 1.54) is 12.1 Å². The molecule has 268 valence electrons. The van der Waals surface area contributed by atoms with Crippen LogP contribution in [-0.4, -0.2) is 80.6 Å². The minimum atomic E-state index is -1.09. The number of phenols is 1. The summed E-state index contributed by atoms with van der Waals surface area (Å²) in [5, 5.41) is 34.8. The van der Waals surface area contributed by atoms with Crippen LogP contribution in [0.15, 0.2) is 114 Å². The van der Waals surface area contributed by atoms with Crippen molar-refractivity contribution in [2.75, 3.05) is 32.7 Å². The van der Waals surface area contributed by atoms with Crippen LogP contribution in [0.2, 0.25) is 0 Å². The standard InChI is InChI=1S/C41H42N4O7/c46-34-18-16-32(33-17-19-36(48)43-39(33)34)35(47)24-42-20-7-21-44(25-30-8-3-1-4-9-30)37(49)22-28-12-14-29(15-13-28)23-38(50)45-26-41(27-45,40(51)52)31-10-5-2-6-11-31/h1-6,8-19,35,42,46-47H,7,20-27H2,(H,43,48)(H,51,52). The number of carboxylic acids is 1. The number of aliphatic hydroxyl groups excluding tert-OH is 1. The molecule has 11 nitrogen and oxygen atoms in total. The van der Waals surface area contributed by atoms with Gasteiger partial charge in [0.1, 0.15) is 11.2 Å². The van der Waals surface area contributed by atoms with Gasteiger partial charge in [0.25, 0.3) is 0 Å². The second kappa shape index (κ2) is 16.1. The topological polar surface area (TPSA) is 163 Å². The second-order valence-corrected chi connectivity index (χ2v) is 13.3. The Hall–Kier alpha value is -5.78. The Morgan fingerprint density at radius 2 is 1.48 bits per heavy atom. The van der Waals surface area contributed by atoms with E-state index in [9.17, 15) is 34.5 Å². The van der Waals surface area contributed by atoms with Gasteiger partial charge in [-0.1, -0.05) is 91.0 Å². The van der Waals surface area contributed by atoms with E-state index in [1.54, 1.807) is 41.3 Å². The van der Waals surface area contributed by atoms with Crippen molar-refractivity contribution in [2.24, 2.45) is 0 Å². The molecule has 5 N–H and O–H groups in total. The first-order chi connectivity index (χ1) is 25.1. The van der Waals surface area contributed by atoms with Crippen molar-refractivity contribution in [1.29, 1.82) is 0 Å². The van der Waals surface area contributed by atoms with E-state index in [1.807, 2.05) is 65.6 Å². The predicted octanol–water partition coefficient (Wildman–Crippen LogP) is 3.93. The molecule has 0 aliphatic carbocycles. The van der Waals surface area contributed by atoms with E-state index in [4.69, 9.17) is 0 Å². The number of amides is 2. The number of aliphatic hydroxyl groups is 1. The lowest BCUT2D eigenvalue weighted by Crippen LogP contribution is -2.65. The first-order valence-electron chi connectivity index (χ1n) is 17.3. The Kier molecular flexibility index (Phi) is 11.1. The number of hydrogen-bond donors (Lipinski definition) is 5. The maximum absolute atomic E-state index is 13.6. The highest BCUT2D eigenvalue weighted by Crippen LogP contribution is 2.35. The first kappa shape index (κ1) is 36.0. The zero-order valence-corrected chi connectivity index (χ0v) is 28.7. The van der Waals surface area contributed by atoms with Crippen LogP contribution in [-0.2, 0) is 39.2 Å². The number of nitrogens with one attached hydrogen (secondary N) is 2. The summed E-state index contributed by atoms with van der Waals surface area (Å²) in [7, 11) is 0. The van der Waals surface area contributed by atoms with Crippen LogP contribution in [0.25, 0.3) is 10.9 Å². The predicted molar refractivity (Wildman–Crippen MR) is 197 cm³/mol. The van der Waals surface area contributed by atoms with Crippen LogP contribution in [0.4, 0.5) is 0 Å². The molecule has 2 heterocycles. The number of hydrogen-bond acceptors (Lipinski definition) is 7. The monoisotopic (exact) mass is 702 g/mol. The summed E-state index contributed by atoms with van der Waals surface area (Å²) in [6, 6.07) is 32.2. The van der Waals surface area contributed by atoms with Gasteiger partial charge in [0.15, 0.2) is 0 Å². The quantitative estimate of drug-likeness (QED) is 0.103. The molecule has 1 aromatic heterocycles. The van der Waals surface area contributed by atoms with Crippen LogP contribution < -0.4 is 10.9 Å². The Labute approximate surface area is 301 Å². The summed E-state index contributed by atoms with van der Waals surface area (Å²) >= 11 is 0. The summed E-state index contributed by atoms with van der Waals surface area (Å²) < 4.78 is 0. The van der Waals surface area contributed by atoms with E-state index in [-0.39, 0.29) is 61.1 Å². The van der Waals surface area contributed by atoms with Crippen LogP contribution in [0.1, 0.15) is 40.3 Å². The van der Waals surface area contributed by atoms with Gasteiger partial charge in [-0.05, 0) is 52.9 Å². The average Bonchev–Trinajstić information content (AvgIpc) is 3.12. The molecule has 5 aromatic rings. The smallest absolute Gasteiger partial charge is 0.317 e. The SMILES string of the molecule is O=C(Cc1ccc(CC(=O)N2CC(C(=O)O)(c3ccccc3)C2)cc1)N(CCCNCC(O)c1ccc(O)c2[nH]c(=O)ccc12)Cc1ccccc1. The molecule has 0 bridgehead atoms. The maximum Gasteiger partial charge on any atom is 0.317 e. The van der Waals surface area contributed by atoms with Gasteiger partial charge in [0.2, 0.25) is 17.4 Å². The number of benzene rings is 4. The molecule has 1 atom stereocenters. The fourth-order valence-corrected chi connectivity index (χ4v) is 6.72. The van der Waals surface area contributed by atoms with E-state index in [0.717, 1.165) is 16.7 Å². The van der Waals surface area contributed by atoms with E-state index >= 15 is 0 Å². The van der Waals surface area contributed by atoms with Crippen molar-refractivity contribution in [2.45, 2.75) is 37.3 Å². The Balaban J connectivity index is 1.01. The van der Waals surface area contributed by atoms with E-state index in [2.05, 4.69) is 10.3 Å². The summed E-state index contributed by atoms with van der Waals surface area (Å²) in [5.74, 6) is -1.18. The molecule has 1 aliphatic heterocycles. The van der Waals surface area contributed by atoms with Crippen molar-refractivity contribution in [3.8, 4) is 5.75 Å². The summed E-state index contributed by atoms with van der Waals surface area (Å²) in [5.41, 5.74) is 2.74. The molecule has 11 heteroatoms. The highest BCUT2D eigenvalue weighted by molar-refractivity contribution is 5.89. The molecule has 1 saturated heterocycles. The third kappa shape index (κ3) is 8.22. The van der Waals surface area contributed by atoms with Gasteiger partial charge in [0, 0.05) is 44.2 Å². The van der Waals surface area contributed by atoms with Crippen LogP contribution in [0, 0.1) is 0 Å². The molecular formula is C41H42N4O7. The summed E-state index contributed by atoms with van der Waals surface area (Å²) in [6.45, 7) is 1.98. The summed E-state index contributed by atoms with van der Waals surface area (Å²) in [4.78, 5) is 56.5. The number of fused-ring (bicyclic) bond motifs is 1.